The van der Waals surface area contributed by atoms with Gasteiger partial charge in [0.1, 0.15) is 5.52 Å². The number of aromatic nitrogens is 4. The van der Waals surface area contributed by atoms with E-state index < -0.39 is 0 Å². The van der Waals surface area contributed by atoms with Crippen LogP contribution in [0, 0.1) is 5.92 Å². The fourth-order valence-electron chi connectivity index (χ4n) is 2.54. The molecule has 2 aromatic rings. The molecule has 19 heavy (non-hydrogen) atoms. The number of nitrogens with two attached hydrogens (primary N) is 1. The van der Waals surface area contributed by atoms with Crippen LogP contribution in [0.1, 0.15) is 45.7 Å². The van der Waals surface area contributed by atoms with Gasteiger partial charge in [0.05, 0.1) is 5.69 Å². The van der Waals surface area contributed by atoms with Gasteiger partial charge < -0.3 is 5.73 Å². The van der Waals surface area contributed by atoms with Crippen molar-refractivity contribution in [3.8, 4) is 0 Å². The number of aryl methyl sites for hydroxylation is 3. The van der Waals surface area contributed by atoms with E-state index in [0.717, 1.165) is 48.6 Å². The van der Waals surface area contributed by atoms with Crippen molar-refractivity contribution >= 4 is 17.1 Å². The van der Waals surface area contributed by atoms with Crippen molar-refractivity contribution in [2.45, 2.75) is 53.0 Å². The average molecular weight is 263 g/mol. The lowest BCUT2D eigenvalue weighted by Crippen LogP contribution is -2.07. The molecule has 0 saturated carbocycles. The van der Waals surface area contributed by atoms with E-state index in [1.165, 1.54) is 6.42 Å². The van der Waals surface area contributed by atoms with Crippen LogP contribution in [0.15, 0.2) is 0 Å². The summed E-state index contributed by atoms with van der Waals surface area (Å²) in [5.74, 6) is 1.34. The summed E-state index contributed by atoms with van der Waals surface area (Å²) in [6, 6.07) is 0. The molecule has 0 aliphatic heterocycles. The molecule has 2 heterocycles. The van der Waals surface area contributed by atoms with E-state index in [1.54, 1.807) is 0 Å². The van der Waals surface area contributed by atoms with Gasteiger partial charge in [-0.1, -0.05) is 27.2 Å². The predicted molar refractivity (Wildman–Crippen MR) is 79.0 cm³/mol. The molecule has 2 rings (SSSR count). The van der Waals surface area contributed by atoms with Crippen LogP contribution in [0.2, 0.25) is 0 Å². The first-order valence-corrected chi connectivity index (χ1v) is 7.22. The first kappa shape index (κ1) is 13.9. The van der Waals surface area contributed by atoms with Crippen LogP contribution in [0.3, 0.4) is 0 Å². The third-order valence-corrected chi connectivity index (χ3v) is 3.47. The molecule has 2 N–H and O–H groups in total. The van der Waals surface area contributed by atoms with Gasteiger partial charge in [-0.3, -0.25) is 9.25 Å². The molecule has 0 fully saturated rings. The molecule has 0 radical (unpaired) electrons. The quantitative estimate of drug-likeness (QED) is 0.871. The zero-order chi connectivity index (χ0) is 14.0. The zero-order valence-electron chi connectivity index (χ0n) is 12.5. The molecule has 0 bridgehead atoms. The minimum Gasteiger partial charge on any atom is -0.369 e. The van der Waals surface area contributed by atoms with Gasteiger partial charge >= 0.3 is 0 Å². The summed E-state index contributed by atoms with van der Waals surface area (Å²) in [4.78, 5) is 4.51. The Labute approximate surface area is 114 Å². The summed E-state index contributed by atoms with van der Waals surface area (Å²) >= 11 is 0. The minimum atomic E-state index is 0.615. The summed E-state index contributed by atoms with van der Waals surface area (Å²) in [6.07, 6.45) is 4.37. The normalized spacial score (nSPS) is 11.8. The molecule has 5 heteroatoms. The smallest absolute Gasteiger partial charge is 0.202 e. The van der Waals surface area contributed by atoms with Crippen LogP contribution in [0.25, 0.3) is 11.2 Å². The molecule has 0 aliphatic rings. The highest BCUT2D eigenvalue weighted by atomic mass is 15.3. The van der Waals surface area contributed by atoms with Crippen LogP contribution >= 0.6 is 0 Å². The van der Waals surface area contributed by atoms with Crippen molar-refractivity contribution in [2.75, 3.05) is 5.73 Å². The molecule has 5 nitrogen and oxygen atoms in total. The third-order valence-electron chi connectivity index (χ3n) is 3.47. The predicted octanol–water partition coefficient (Wildman–Crippen LogP) is 2.74. The van der Waals surface area contributed by atoms with Crippen molar-refractivity contribution in [3.05, 3.63) is 5.69 Å². The number of hydrogen-bond donors (Lipinski definition) is 1. The SMILES string of the molecule is CCCc1nn(C)c2c1nc(N)n2CCCC(C)C. The Kier molecular flexibility index (Phi) is 4.12. The number of anilines is 1. The lowest BCUT2D eigenvalue weighted by molar-refractivity contribution is 0.515. The van der Waals surface area contributed by atoms with Crippen molar-refractivity contribution in [3.63, 3.8) is 0 Å². The molecular formula is C14H25N5. The maximum Gasteiger partial charge on any atom is 0.202 e. The molecule has 0 spiro atoms. The van der Waals surface area contributed by atoms with Gasteiger partial charge in [-0.2, -0.15) is 5.10 Å². The molecule has 0 saturated heterocycles. The fourth-order valence-corrected chi connectivity index (χ4v) is 2.54. The van der Waals surface area contributed by atoms with E-state index in [9.17, 15) is 0 Å². The van der Waals surface area contributed by atoms with Crippen LogP contribution in [-0.2, 0) is 20.0 Å². The van der Waals surface area contributed by atoms with Crippen LogP contribution in [-0.4, -0.2) is 19.3 Å². The molecule has 2 aromatic heterocycles. The molecule has 0 amide bonds. The largest absolute Gasteiger partial charge is 0.369 e. The van der Waals surface area contributed by atoms with E-state index in [-0.39, 0.29) is 0 Å². The zero-order valence-corrected chi connectivity index (χ0v) is 12.5. The number of rotatable bonds is 6. The first-order valence-electron chi connectivity index (χ1n) is 7.22. The van der Waals surface area contributed by atoms with Gasteiger partial charge in [-0.25, -0.2) is 4.98 Å². The molecule has 0 aliphatic carbocycles. The highest BCUT2D eigenvalue weighted by molar-refractivity contribution is 5.77. The molecule has 106 valence electrons. The lowest BCUT2D eigenvalue weighted by atomic mass is 10.1. The summed E-state index contributed by atoms with van der Waals surface area (Å²) in [5, 5.41) is 4.56. The minimum absolute atomic E-state index is 0.615. The topological polar surface area (TPSA) is 61.7 Å². The molecule has 0 atom stereocenters. The third kappa shape index (κ3) is 2.74. The summed E-state index contributed by atoms with van der Waals surface area (Å²) in [6.45, 7) is 7.57. The lowest BCUT2D eigenvalue weighted by Gasteiger charge is -2.08. The van der Waals surface area contributed by atoms with Gasteiger partial charge in [0.15, 0.2) is 5.65 Å². The highest BCUT2D eigenvalue weighted by Crippen LogP contribution is 2.22. The number of fused-ring (bicyclic) bond motifs is 1. The summed E-state index contributed by atoms with van der Waals surface area (Å²) < 4.78 is 4.02. The Hall–Kier alpha value is -1.52. The van der Waals surface area contributed by atoms with Crippen LogP contribution in [0.4, 0.5) is 5.95 Å². The average Bonchev–Trinajstić information content (AvgIpc) is 2.79. The Balaban J connectivity index is 2.30. The maximum atomic E-state index is 6.06. The number of nitrogens with zero attached hydrogens (tertiary/aromatic N) is 4. The van der Waals surface area contributed by atoms with Crippen molar-refractivity contribution in [1.82, 2.24) is 19.3 Å². The Morgan fingerprint density at radius 2 is 2.05 bits per heavy atom. The second kappa shape index (κ2) is 5.63. The van der Waals surface area contributed by atoms with E-state index in [0.29, 0.717) is 5.95 Å². The second-order valence-electron chi connectivity index (χ2n) is 5.65. The highest BCUT2D eigenvalue weighted by Gasteiger charge is 2.17. The van der Waals surface area contributed by atoms with Crippen LogP contribution in [0.5, 0.6) is 0 Å². The monoisotopic (exact) mass is 263 g/mol. The molecule has 0 aromatic carbocycles. The first-order chi connectivity index (χ1) is 9.04. The van der Waals surface area contributed by atoms with E-state index in [1.807, 2.05) is 11.7 Å². The Bertz CT molecular complexity index is 550. The summed E-state index contributed by atoms with van der Waals surface area (Å²) in [7, 11) is 1.97. The number of nitrogen functional groups attached to an aromatic ring is 1. The Morgan fingerprint density at radius 3 is 2.68 bits per heavy atom. The van der Waals surface area contributed by atoms with Gasteiger partial charge in [0.2, 0.25) is 5.95 Å². The van der Waals surface area contributed by atoms with Crippen LogP contribution < -0.4 is 5.73 Å². The molecule has 0 unspecified atom stereocenters. The van der Waals surface area contributed by atoms with Crippen molar-refractivity contribution in [2.24, 2.45) is 13.0 Å². The molecular weight excluding hydrogens is 238 g/mol. The van der Waals surface area contributed by atoms with Gasteiger partial charge in [0.25, 0.3) is 0 Å². The summed E-state index contributed by atoms with van der Waals surface area (Å²) in [5.41, 5.74) is 9.16. The van der Waals surface area contributed by atoms with Crippen molar-refractivity contribution in [1.29, 1.82) is 0 Å². The maximum absolute atomic E-state index is 6.06. The standard InChI is InChI=1S/C14H25N5/c1-5-7-11-12-13(18(4)17-11)19(14(15)16-12)9-6-8-10(2)3/h10H,5-9H2,1-4H3,(H2,15,16). The fraction of sp³-hybridized carbons (Fsp3) is 0.714. The van der Waals surface area contributed by atoms with Gasteiger partial charge in [-0.05, 0) is 25.2 Å². The van der Waals surface area contributed by atoms with E-state index in [2.05, 4.69) is 35.4 Å². The van der Waals surface area contributed by atoms with Gasteiger partial charge in [0, 0.05) is 13.6 Å². The van der Waals surface area contributed by atoms with E-state index >= 15 is 0 Å². The van der Waals surface area contributed by atoms with E-state index in [4.69, 9.17) is 5.73 Å². The Morgan fingerprint density at radius 1 is 1.32 bits per heavy atom. The number of imidazole rings is 1. The van der Waals surface area contributed by atoms with Crippen molar-refractivity contribution < 1.29 is 0 Å². The number of hydrogen-bond acceptors (Lipinski definition) is 3. The van der Waals surface area contributed by atoms with Gasteiger partial charge in [-0.15, -0.1) is 0 Å². The second-order valence-corrected chi connectivity index (χ2v) is 5.65.